The van der Waals surface area contributed by atoms with Gasteiger partial charge in [0.1, 0.15) is 12.4 Å². The van der Waals surface area contributed by atoms with E-state index in [1.165, 1.54) is 12.1 Å². The van der Waals surface area contributed by atoms with E-state index in [9.17, 15) is 17.6 Å². The van der Waals surface area contributed by atoms with E-state index in [0.717, 1.165) is 0 Å². The van der Waals surface area contributed by atoms with Gasteiger partial charge >= 0.3 is 6.18 Å². The molecule has 2 aromatic rings. The zero-order valence-electron chi connectivity index (χ0n) is 10.5. The highest BCUT2D eigenvalue weighted by Gasteiger charge is 2.27. The summed E-state index contributed by atoms with van der Waals surface area (Å²) >= 11 is 0. The van der Waals surface area contributed by atoms with Gasteiger partial charge in [0.15, 0.2) is 0 Å². The molecule has 0 saturated carbocycles. The molecule has 0 aliphatic rings. The summed E-state index contributed by atoms with van der Waals surface area (Å²) in [4.78, 5) is 0. The van der Waals surface area contributed by atoms with E-state index in [1.54, 1.807) is 24.3 Å². The Labute approximate surface area is 113 Å². The van der Waals surface area contributed by atoms with Crippen LogP contribution in [0.1, 0.15) is 11.6 Å². The van der Waals surface area contributed by atoms with Gasteiger partial charge in [-0.15, -0.1) is 0 Å². The van der Waals surface area contributed by atoms with Crippen LogP contribution in [0.5, 0.6) is 0 Å². The Kier molecular flexibility index (Phi) is 4.25. The topological polar surface area (TPSA) is 35.2 Å². The number of hydrogen-bond acceptors (Lipinski definition) is 2. The summed E-state index contributed by atoms with van der Waals surface area (Å²) in [6.45, 7) is -1.63. The lowest BCUT2D eigenvalue weighted by atomic mass is 9.99. The van der Waals surface area contributed by atoms with Crippen molar-refractivity contribution < 1.29 is 22.3 Å². The smallest absolute Gasteiger partial charge is 0.370 e. The highest BCUT2D eigenvalue weighted by Crippen LogP contribution is 2.26. The molecule has 108 valence electrons. The fourth-order valence-electron chi connectivity index (χ4n) is 2.00. The van der Waals surface area contributed by atoms with E-state index in [-0.39, 0.29) is 6.61 Å². The second-order valence-electron chi connectivity index (χ2n) is 4.42. The van der Waals surface area contributed by atoms with Gasteiger partial charge in [0.25, 0.3) is 0 Å². The molecule has 0 spiro atoms. The summed E-state index contributed by atoms with van der Waals surface area (Å²) < 4.78 is 54.2. The maximum atomic E-state index is 13.6. The summed E-state index contributed by atoms with van der Waals surface area (Å²) in [5.74, 6) is -0.396. The van der Waals surface area contributed by atoms with Crippen molar-refractivity contribution in [2.24, 2.45) is 5.73 Å². The van der Waals surface area contributed by atoms with Crippen molar-refractivity contribution in [1.29, 1.82) is 0 Å². The van der Waals surface area contributed by atoms with Crippen LogP contribution in [0, 0.1) is 5.82 Å². The number of fused-ring (bicyclic) bond motifs is 1. The van der Waals surface area contributed by atoms with Crippen molar-refractivity contribution in [3.63, 3.8) is 0 Å². The average Bonchev–Trinajstić information content (AvgIpc) is 2.38. The Balaban J connectivity index is 2.18. The fourth-order valence-corrected chi connectivity index (χ4v) is 2.00. The van der Waals surface area contributed by atoms with E-state index in [0.29, 0.717) is 16.3 Å². The van der Waals surface area contributed by atoms with Crippen molar-refractivity contribution in [3.05, 3.63) is 47.8 Å². The van der Waals surface area contributed by atoms with Gasteiger partial charge in [-0.25, -0.2) is 4.39 Å². The summed E-state index contributed by atoms with van der Waals surface area (Å²) in [6, 6.07) is 8.65. The molecule has 0 heterocycles. The number of hydrogen-bond donors (Lipinski definition) is 1. The molecule has 0 saturated heterocycles. The maximum absolute atomic E-state index is 13.6. The predicted octanol–water partition coefficient (Wildman–Crippen LogP) is 3.56. The Bertz CT molecular complexity index is 597. The van der Waals surface area contributed by atoms with E-state index in [1.807, 2.05) is 0 Å². The Hall–Kier alpha value is -1.66. The fraction of sp³-hybridized carbons (Fsp3) is 0.286. The van der Waals surface area contributed by atoms with Crippen molar-refractivity contribution in [2.75, 3.05) is 13.2 Å². The number of nitrogens with two attached hydrogens (primary N) is 1. The molecule has 20 heavy (non-hydrogen) atoms. The molecule has 1 unspecified atom stereocenters. The molecule has 0 aliphatic carbocycles. The maximum Gasteiger partial charge on any atom is 0.411 e. The van der Waals surface area contributed by atoms with Gasteiger partial charge in [-0.3, -0.25) is 0 Å². The predicted molar refractivity (Wildman–Crippen MR) is 67.7 cm³/mol. The molecule has 2 N–H and O–H groups in total. The first-order valence-electron chi connectivity index (χ1n) is 5.96. The highest BCUT2D eigenvalue weighted by molar-refractivity contribution is 5.86. The quantitative estimate of drug-likeness (QED) is 0.873. The molecule has 0 aliphatic heterocycles. The zero-order chi connectivity index (χ0) is 14.8. The number of benzene rings is 2. The van der Waals surface area contributed by atoms with Gasteiger partial charge < -0.3 is 10.5 Å². The lowest BCUT2D eigenvalue weighted by Crippen LogP contribution is -2.23. The minimum Gasteiger partial charge on any atom is -0.370 e. The lowest BCUT2D eigenvalue weighted by Gasteiger charge is -2.16. The van der Waals surface area contributed by atoms with Gasteiger partial charge in [0.2, 0.25) is 0 Å². The third-order valence-corrected chi connectivity index (χ3v) is 2.87. The Morgan fingerprint density at radius 2 is 1.70 bits per heavy atom. The van der Waals surface area contributed by atoms with Crippen molar-refractivity contribution in [1.82, 2.24) is 0 Å². The second kappa shape index (κ2) is 5.76. The Morgan fingerprint density at radius 3 is 2.35 bits per heavy atom. The van der Waals surface area contributed by atoms with Gasteiger partial charge in [-0.1, -0.05) is 30.3 Å². The van der Waals surface area contributed by atoms with Crippen LogP contribution in [0.3, 0.4) is 0 Å². The van der Waals surface area contributed by atoms with E-state index >= 15 is 0 Å². The van der Waals surface area contributed by atoms with Crippen LogP contribution in [0.15, 0.2) is 36.4 Å². The normalized spacial score (nSPS) is 13.7. The largest absolute Gasteiger partial charge is 0.411 e. The average molecular weight is 287 g/mol. The summed E-state index contributed by atoms with van der Waals surface area (Å²) in [5, 5.41) is 0.965. The standard InChI is InChI=1S/C14H13F4NO/c15-12-6-5-11(9-3-1-2-4-10(9)12)13(19)7-20-8-14(16,17)18/h1-6,13H,7-8,19H2. The number of ether oxygens (including phenoxy) is 1. The van der Waals surface area contributed by atoms with E-state index in [2.05, 4.69) is 4.74 Å². The molecule has 2 aromatic carbocycles. The molecule has 0 radical (unpaired) electrons. The van der Waals surface area contributed by atoms with E-state index < -0.39 is 24.6 Å². The van der Waals surface area contributed by atoms with Crippen LogP contribution in [0.2, 0.25) is 0 Å². The molecular weight excluding hydrogens is 274 g/mol. The molecule has 2 nitrogen and oxygen atoms in total. The Morgan fingerprint density at radius 1 is 1.05 bits per heavy atom. The highest BCUT2D eigenvalue weighted by atomic mass is 19.4. The SMILES string of the molecule is NC(COCC(F)(F)F)c1ccc(F)c2ccccc12. The summed E-state index contributed by atoms with van der Waals surface area (Å²) in [6.07, 6.45) is -4.38. The summed E-state index contributed by atoms with van der Waals surface area (Å²) in [5.41, 5.74) is 6.39. The van der Waals surface area contributed by atoms with Crippen LogP contribution in [-0.4, -0.2) is 19.4 Å². The first-order chi connectivity index (χ1) is 9.38. The first kappa shape index (κ1) is 14.7. The van der Waals surface area contributed by atoms with Crippen molar-refractivity contribution in [3.8, 4) is 0 Å². The minimum absolute atomic E-state index is 0.283. The van der Waals surface area contributed by atoms with Crippen LogP contribution in [0.25, 0.3) is 10.8 Å². The first-order valence-corrected chi connectivity index (χ1v) is 5.96. The van der Waals surface area contributed by atoms with Crippen molar-refractivity contribution in [2.45, 2.75) is 12.2 Å². The zero-order valence-corrected chi connectivity index (χ0v) is 10.5. The van der Waals surface area contributed by atoms with Gasteiger partial charge in [0.05, 0.1) is 12.6 Å². The number of rotatable bonds is 4. The molecule has 0 fully saturated rings. The third kappa shape index (κ3) is 3.46. The van der Waals surface area contributed by atoms with Crippen molar-refractivity contribution >= 4 is 10.8 Å². The molecule has 1 atom stereocenters. The van der Waals surface area contributed by atoms with Gasteiger partial charge in [-0.05, 0) is 17.0 Å². The lowest BCUT2D eigenvalue weighted by molar-refractivity contribution is -0.174. The minimum atomic E-state index is -4.38. The van der Waals surface area contributed by atoms with Crippen LogP contribution >= 0.6 is 0 Å². The van der Waals surface area contributed by atoms with Crippen LogP contribution in [0.4, 0.5) is 17.6 Å². The molecule has 2 rings (SSSR count). The summed E-state index contributed by atoms with van der Waals surface area (Å²) in [7, 11) is 0. The number of alkyl halides is 3. The third-order valence-electron chi connectivity index (χ3n) is 2.87. The molecule has 0 bridgehead atoms. The number of halogens is 4. The molecule has 0 aromatic heterocycles. The van der Waals surface area contributed by atoms with Crippen LogP contribution < -0.4 is 5.73 Å². The molecule has 0 amide bonds. The van der Waals surface area contributed by atoms with Gasteiger partial charge in [0, 0.05) is 5.39 Å². The molecular formula is C14H13F4NO. The van der Waals surface area contributed by atoms with Gasteiger partial charge in [-0.2, -0.15) is 13.2 Å². The second-order valence-corrected chi connectivity index (χ2v) is 4.42. The van der Waals surface area contributed by atoms with E-state index in [4.69, 9.17) is 5.73 Å². The monoisotopic (exact) mass is 287 g/mol. The van der Waals surface area contributed by atoms with Crippen LogP contribution in [-0.2, 0) is 4.74 Å². The molecule has 6 heteroatoms.